The molecule has 0 fully saturated rings. The van der Waals surface area contributed by atoms with Crippen LogP contribution in [0.4, 0.5) is 0 Å². The summed E-state index contributed by atoms with van der Waals surface area (Å²) < 4.78 is 23.8. The van der Waals surface area contributed by atoms with Crippen molar-refractivity contribution in [1.29, 1.82) is 0 Å². The van der Waals surface area contributed by atoms with Crippen LogP contribution >= 0.6 is 0 Å². The lowest BCUT2D eigenvalue weighted by Crippen LogP contribution is -2.37. The molecule has 1 atom stereocenters. The van der Waals surface area contributed by atoms with Crippen molar-refractivity contribution in [3.05, 3.63) is 35.4 Å². The fraction of sp³-hybridized carbons (Fsp3) is 0.632. The average molecular weight is 354 g/mol. The van der Waals surface area contributed by atoms with Gasteiger partial charge < -0.3 is 5.32 Å². The van der Waals surface area contributed by atoms with Crippen LogP contribution in [-0.2, 0) is 20.0 Å². The van der Waals surface area contributed by atoms with E-state index in [2.05, 4.69) is 38.2 Å². The predicted octanol–water partition coefficient (Wildman–Crippen LogP) is 3.62. The van der Waals surface area contributed by atoms with E-state index in [1.807, 2.05) is 26.0 Å². The minimum absolute atomic E-state index is 0.0699. The molecule has 0 bridgehead atoms. The van der Waals surface area contributed by atoms with Gasteiger partial charge in [0.25, 0.3) is 0 Å². The molecule has 24 heavy (non-hydrogen) atoms. The number of carbonyl (C=O) groups is 1. The smallest absolute Gasteiger partial charge is 0.235 e. The second-order valence-electron chi connectivity index (χ2n) is 8.02. The van der Waals surface area contributed by atoms with Crippen molar-refractivity contribution in [2.75, 3.05) is 5.75 Å². The first-order valence-corrected chi connectivity index (χ1v) is 10.2. The second kappa shape index (κ2) is 7.68. The lowest BCUT2D eigenvalue weighted by atomic mass is 9.85. The van der Waals surface area contributed by atoms with Crippen molar-refractivity contribution in [1.82, 2.24) is 5.32 Å². The fourth-order valence-electron chi connectivity index (χ4n) is 2.39. The highest BCUT2D eigenvalue weighted by molar-refractivity contribution is 7.92. The summed E-state index contributed by atoms with van der Waals surface area (Å²) in [6, 6.07) is 7.97. The van der Waals surface area contributed by atoms with Gasteiger partial charge in [0.15, 0.2) is 9.84 Å². The molecule has 1 aromatic rings. The fourth-order valence-corrected chi connectivity index (χ4v) is 3.17. The van der Waals surface area contributed by atoms with Gasteiger partial charge in [-0.15, -0.1) is 0 Å². The molecule has 5 heteroatoms. The van der Waals surface area contributed by atoms with Gasteiger partial charge >= 0.3 is 0 Å². The standard InChI is InChI=1S/C19H31NO3S/c1-13(2)18(20-17(21)12-24(22,23)14(3)4)15-8-10-16(11-9-15)19(5,6)7/h8-11,13-14,18H,12H2,1-7H3,(H,20,21). The van der Waals surface area contributed by atoms with Crippen LogP contribution in [0.15, 0.2) is 24.3 Å². The van der Waals surface area contributed by atoms with Crippen molar-refractivity contribution in [2.24, 2.45) is 5.92 Å². The highest BCUT2D eigenvalue weighted by Crippen LogP contribution is 2.26. The minimum Gasteiger partial charge on any atom is -0.348 e. The normalized spacial score (nSPS) is 14.0. The van der Waals surface area contributed by atoms with Crippen LogP contribution in [0.1, 0.15) is 65.6 Å². The number of amides is 1. The van der Waals surface area contributed by atoms with Crippen molar-refractivity contribution in [3.8, 4) is 0 Å². The molecule has 1 N–H and O–H groups in total. The summed E-state index contributed by atoms with van der Waals surface area (Å²) >= 11 is 0. The molecule has 136 valence electrons. The van der Waals surface area contributed by atoms with E-state index >= 15 is 0 Å². The van der Waals surface area contributed by atoms with Crippen LogP contribution < -0.4 is 5.32 Å². The van der Waals surface area contributed by atoms with Crippen molar-refractivity contribution in [2.45, 2.75) is 65.2 Å². The number of rotatable bonds is 6. The van der Waals surface area contributed by atoms with Gasteiger partial charge in [-0.1, -0.05) is 58.9 Å². The molecule has 1 amide bonds. The Hall–Kier alpha value is -1.36. The number of hydrogen-bond donors (Lipinski definition) is 1. The van der Waals surface area contributed by atoms with E-state index in [4.69, 9.17) is 0 Å². The van der Waals surface area contributed by atoms with E-state index in [-0.39, 0.29) is 17.4 Å². The van der Waals surface area contributed by atoms with E-state index in [0.717, 1.165) is 5.56 Å². The third-order valence-electron chi connectivity index (χ3n) is 4.17. The molecule has 1 aromatic carbocycles. The molecule has 4 nitrogen and oxygen atoms in total. The van der Waals surface area contributed by atoms with E-state index in [9.17, 15) is 13.2 Å². The maximum atomic E-state index is 12.2. The van der Waals surface area contributed by atoms with E-state index in [1.165, 1.54) is 5.56 Å². The monoisotopic (exact) mass is 353 g/mol. The van der Waals surface area contributed by atoms with Gasteiger partial charge in [0.2, 0.25) is 5.91 Å². The van der Waals surface area contributed by atoms with Gasteiger partial charge in [-0.25, -0.2) is 8.42 Å². The Labute approximate surface area is 147 Å². The van der Waals surface area contributed by atoms with Crippen LogP contribution in [0.2, 0.25) is 0 Å². The molecule has 0 aliphatic heterocycles. The molecule has 0 spiro atoms. The summed E-state index contributed by atoms with van der Waals surface area (Å²) in [4.78, 5) is 12.2. The maximum Gasteiger partial charge on any atom is 0.235 e. The van der Waals surface area contributed by atoms with Gasteiger partial charge in [-0.2, -0.15) is 0 Å². The third-order valence-corrected chi connectivity index (χ3v) is 6.27. The summed E-state index contributed by atoms with van der Waals surface area (Å²) in [5.41, 5.74) is 2.29. The first kappa shape index (κ1) is 20.7. The molecule has 0 aromatic heterocycles. The van der Waals surface area contributed by atoms with E-state index < -0.39 is 26.7 Å². The Kier molecular flexibility index (Phi) is 6.62. The molecule has 0 saturated carbocycles. The topological polar surface area (TPSA) is 63.2 Å². The number of sulfone groups is 1. The number of nitrogens with one attached hydrogen (secondary N) is 1. The van der Waals surface area contributed by atoms with Crippen molar-refractivity contribution >= 4 is 15.7 Å². The number of hydrogen-bond acceptors (Lipinski definition) is 3. The summed E-state index contributed by atoms with van der Waals surface area (Å²) in [6.45, 7) is 13.7. The lowest BCUT2D eigenvalue weighted by molar-refractivity contribution is -0.119. The van der Waals surface area contributed by atoms with Crippen molar-refractivity contribution in [3.63, 3.8) is 0 Å². The number of carbonyl (C=O) groups excluding carboxylic acids is 1. The van der Waals surface area contributed by atoms with Gasteiger partial charge in [-0.3, -0.25) is 4.79 Å². The summed E-state index contributed by atoms with van der Waals surface area (Å²) in [6.07, 6.45) is 0. The number of benzene rings is 1. The van der Waals surface area contributed by atoms with E-state index in [1.54, 1.807) is 13.8 Å². The predicted molar refractivity (Wildman–Crippen MR) is 99.8 cm³/mol. The first-order valence-electron chi connectivity index (χ1n) is 8.46. The average Bonchev–Trinajstić information content (AvgIpc) is 2.43. The zero-order chi connectivity index (χ0) is 18.7. The van der Waals surface area contributed by atoms with Crippen LogP contribution in [0.5, 0.6) is 0 Å². The second-order valence-corrected chi connectivity index (χ2v) is 10.6. The Bertz CT molecular complexity index is 653. The van der Waals surface area contributed by atoms with Gasteiger partial charge in [0, 0.05) is 0 Å². The Morgan fingerprint density at radius 3 is 1.92 bits per heavy atom. The molecule has 0 aliphatic carbocycles. The Balaban J connectivity index is 2.94. The molecule has 0 saturated heterocycles. The zero-order valence-electron chi connectivity index (χ0n) is 15.9. The zero-order valence-corrected chi connectivity index (χ0v) is 16.7. The molecule has 1 rings (SSSR count). The van der Waals surface area contributed by atoms with Gasteiger partial charge in [-0.05, 0) is 36.3 Å². The molecule has 0 radical (unpaired) electrons. The quantitative estimate of drug-likeness (QED) is 0.849. The van der Waals surface area contributed by atoms with Gasteiger partial charge in [0.1, 0.15) is 5.75 Å². The molecule has 1 unspecified atom stereocenters. The Morgan fingerprint density at radius 1 is 1.04 bits per heavy atom. The lowest BCUT2D eigenvalue weighted by Gasteiger charge is -2.25. The largest absolute Gasteiger partial charge is 0.348 e. The van der Waals surface area contributed by atoms with Crippen LogP contribution in [-0.4, -0.2) is 25.3 Å². The SMILES string of the molecule is CC(C)C(NC(=O)CS(=O)(=O)C(C)C)c1ccc(C(C)(C)C)cc1. The minimum atomic E-state index is -3.39. The van der Waals surface area contributed by atoms with E-state index in [0.29, 0.717) is 0 Å². The highest BCUT2D eigenvalue weighted by Gasteiger charge is 2.24. The summed E-state index contributed by atoms with van der Waals surface area (Å²) in [5.74, 6) is -0.744. The third kappa shape index (κ3) is 5.62. The summed E-state index contributed by atoms with van der Waals surface area (Å²) in [5, 5.41) is 2.33. The first-order chi connectivity index (χ1) is 10.8. The van der Waals surface area contributed by atoms with Crippen LogP contribution in [0, 0.1) is 5.92 Å². The van der Waals surface area contributed by atoms with Crippen LogP contribution in [0.25, 0.3) is 0 Å². The molecular weight excluding hydrogens is 322 g/mol. The van der Waals surface area contributed by atoms with Crippen LogP contribution in [0.3, 0.4) is 0 Å². The highest BCUT2D eigenvalue weighted by atomic mass is 32.2. The maximum absolute atomic E-state index is 12.2. The molecule has 0 heterocycles. The molecule has 0 aliphatic rings. The Morgan fingerprint density at radius 2 is 1.54 bits per heavy atom. The molecular formula is C19H31NO3S. The summed E-state index contributed by atoms with van der Waals surface area (Å²) in [7, 11) is -3.39. The van der Waals surface area contributed by atoms with Gasteiger partial charge in [0.05, 0.1) is 11.3 Å². The van der Waals surface area contributed by atoms with Crippen molar-refractivity contribution < 1.29 is 13.2 Å².